The normalized spacial score (nSPS) is 12.0. The Labute approximate surface area is 198 Å². The average molecular weight is 489 g/mol. The highest BCUT2D eigenvalue weighted by atomic mass is 32.2. The number of sulfonamides is 2. The number of anilines is 2. The molecule has 0 heterocycles. The van der Waals surface area contributed by atoms with Crippen LogP contribution in [-0.2, 0) is 20.0 Å². The number of rotatable bonds is 6. The van der Waals surface area contributed by atoms with Crippen LogP contribution in [0.4, 0.5) is 11.4 Å². The maximum atomic E-state index is 13.1. The van der Waals surface area contributed by atoms with Gasteiger partial charge in [-0.05, 0) is 41.1 Å². The third-order valence-electron chi connectivity index (χ3n) is 5.45. The number of hydrogen-bond donors (Lipinski definition) is 2. The maximum absolute atomic E-state index is 13.1. The van der Waals surface area contributed by atoms with Crippen LogP contribution in [0.1, 0.15) is 0 Å². The molecule has 0 aliphatic rings. The first-order valence-corrected chi connectivity index (χ1v) is 13.4. The highest BCUT2D eigenvalue weighted by Gasteiger charge is 2.20. The molecule has 2 N–H and O–H groups in total. The summed E-state index contributed by atoms with van der Waals surface area (Å²) in [6, 6.07) is 30.7. The fraction of sp³-hybridized carbons (Fsp3) is 0. The van der Waals surface area contributed by atoms with Gasteiger partial charge in [-0.1, -0.05) is 78.9 Å². The first-order chi connectivity index (χ1) is 16.3. The van der Waals surface area contributed by atoms with Crippen LogP contribution in [-0.4, -0.2) is 16.8 Å². The summed E-state index contributed by atoms with van der Waals surface area (Å²) < 4.78 is 57.6. The van der Waals surface area contributed by atoms with Crippen molar-refractivity contribution in [2.45, 2.75) is 9.79 Å². The summed E-state index contributed by atoms with van der Waals surface area (Å²) in [5.41, 5.74) is 0.483. The van der Waals surface area contributed by atoms with Gasteiger partial charge >= 0.3 is 0 Å². The zero-order valence-electron chi connectivity index (χ0n) is 17.8. The minimum Gasteiger partial charge on any atom is -0.280 e. The average Bonchev–Trinajstić information content (AvgIpc) is 2.83. The molecule has 0 radical (unpaired) electrons. The van der Waals surface area contributed by atoms with Crippen molar-refractivity contribution in [2.75, 3.05) is 9.44 Å². The van der Waals surface area contributed by atoms with E-state index in [9.17, 15) is 16.8 Å². The van der Waals surface area contributed by atoms with Crippen molar-refractivity contribution in [1.29, 1.82) is 0 Å². The van der Waals surface area contributed by atoms with Gasteiger partial charge in [0.2, 0.25) is 0 Å². The zero-order valence-corrected chi connectivity index (χ0v) is 19.5. The predicted octanol–water partition coefficient (Wildman–Crippen LogP) is 5.59. The van der Waals surface area contributed by atoms with Crippen molar-refractivity contribution in [3.8, 4) is 0 Å². The van der Waals surface area contributed by atoms with E-state index >= 15 is 0 Å². The second-order valence-corrected chi connectivity index (χ2v) is 11.0. The van der Waals surface area contributed by atoms with E-state index in [0.29, 0.717) is 10.8 Å². The number of hydrogen-bond acceptors (Lipinski definition) is 4. The summed E-state index contributed by atoms with van der Waals surface area (Å²) in [6.45, 7) is 0. The minimum absolute atomic E-state index is 0.146. The van der Waals surface area contributed by atoms with E-state index in [0.717, 1.165) is 10.8 Å². The van der Waals surface area contributed by atoms with Crippen LogP contribution in [0.3, 0.4) is 0 Å². The molecule has 0 unspecified atom stereocenters. The number of nitrogens with one attached hydrogen (secondary N) is 2. The van der Waals surface area contributed by atoms with Crippen molar-refractivity contribution in [2.24, 2.45) is 0 Å². The van der Waals surface area contributed by atoms with Gasteiger partial charge in [0.25, 0.3) is 20.0 Å². The summed E-state index contributed by atoms with van der Waals surface area (Å²) in [4.78, 5) is 0.291. The fourth-order valence-corrected chi connectivity index (χ4v) is 6.49. The van der Waals surface area contributed by atoms with Crippen molar-refractivity contribution >= 4 is 53.0 Å². The predicted molar refractivity (Wildman–Crippen MR) is 136 cm³/mol. The van der Waals surface area contributed by atoms with E-state index in [1.54, 1.807) is 54.6 Å². The Kier molecular flexibility index (Phi) is 5.47. The van der Waals surface area contributed by atoms with E-state index in [-0.39, 0.29) is 21.2 Å². The summed E-state index contributed by atoms with van der Waals surface area (Å²) >= 11 is 0. The summed E-state index contributed by atoms with van der Waals surface area (Å²) in [7, 11) is -7.82. The molecule has 5 aromatic rings. The van der Waals surface area contributed by atoms with E-state index in [2.05, 4.69) is 9.44 Å². The van der Waals surface area contributed by atoms with Crippen LogP contribution in [0.25, 0.3) is 21.5 Å². The van der Waals surface area contributed by atoms with Crippen molar-refractivity contribution < 1.29 is 16.8 Å². The van der Waals surface area contributed by atoms with Gasteiger partial charge in [0.1, 0.15) is 0 Å². The fourth-order valence-electron chi connectivity index (χ4n) is 3.93. The van der Waals surface area contributed by atoms with Gasteiger partial charge in [-0.15, -0.1) is 0 Å². The zero-order chi connectivity index (χ0) is 23.8. The first kappa shape index (κ1) is 21.9. The molecule has 0 aliphatic heterocycles. The quantitative estimate of drug-likeness (QED) is 0.326. The van der Waals surface area contributed by atoms with Gasteiger partial charge in [-0.3, -0.25) is 9.44 Å². The monoisotopic (exact) mass is 488 g/mol. The second kappa shape index (κ2) is 8.48. The largest absolute Gasteiger partial charge is 0.280 e. The molecule has 0 aromatic heterocycles. The maximum Gasteiger partial charge on any atom is 0.262 e. The van der Waals surface area contributed by atoms with Crippen LogP contribution in [0, 0.1) is 0 Å². The molecule has 0 bridgehead atoms. The summed E-state index contributed by atoms with van der Waals surface area (Å²) in [6.07, 6.45) is 0. The molecule has 6 nitrogen and oxygen atoms in total. The standard InChI is InChI=1S/C26H20N2O4S2/c29-33(30,25-16-5-10-19-8-1-3-14-23(19)25)27-21-12-7-13-22(18-21)28-34(31,32)26-17-6-11-20-9-2-4-15-24(20)26/h1-18,27-28H. The van der Waals surface area contributed by atoms with E-state index in [1.165, 1.54) is 18.2 Å². The first-order valence-electron chi connectivity index (χ1n) is 10.4. The minimum atomic E-state index is -3.91. The van der Waals surface area contributed by atoms with E-state index < -0.39 is 20.0 Å². The molecule has 170 valence electrons. The topological polar surface area (TPSA) is 92.3 Å². The molecule has 0 spiro atoms. The molecule has 0 amide bonds. The lowest BCUT2D eigenvalue weighted by Gasteiger charge is -2.13. The molecule has 0 saturated heterocycles. The molecule has 8 heteroatoms. The molecular formula is C26H20N2O4S2. The SMILES string of the molecule is O=S(=O)(Nc1cccc(NS(=O)(=O)c2cccc3ccccc23)c1)c1cccc2ccccc12. The van der Waals surface area contributed by atoms with Crippen LogP contribution in [0.5, 0.6) is 0 Å². The van der Waals surface area contributed by atoms with Gasteiger partial charge in [0.05, 0.1) is 21.2 Å². The third-order valence-corrected chi connectivity index (χ3v) is 8.32. The van der Waals surface area contributed by atoms with E-state index in [4.69, 9.17) is 0 Å². The molecule has 0 atom stereocenters. The molecular weight excluding hydrogens is 468 g/mol. The molecule has 5 aromatic carbocycles. The van der Waals surface area contributed by atoms with Gasteiger partial charge in [-0.2, -0.15) is 0 Å². The lowest BCUT2D eigenvalue weighted by atomic mass is 10.1. The molecule has 0 aliphatic carbocycles. The summed E-state index contributed by atoms with van der Waals surface area (Å²) in [5.74, 6) is 0. The molecule has 34 heavy (non-hydrogen) atoms. The highest BCUT2D eigenvalue weighted by Crippen LogP contribution is 2.28. The van der Waals surface area contributed by atoms with Gasteiger partial charge in [0, 0.05) is 10.8 Å². The molecule has 0 fully saturated rings. The van der Waals surface area contributed by atoms with E-state index in [1.807, 2.05) is 36.4 Å². The number of fused-ring (bicyclic) bond motifs is 2. The van der Waals surface area contributed by atoms with Crippen LogP contribution >= 0.6 is 0 Å². The van der Waals surface area contributed by atoms with Crippen LogP contribution in [0.2, 0.25) is 0 Å². The lowest BCUT2D eigenvalue weighted by molar-refractivity contribution is 0.600. The summed E-state index contributed by atoms with van der Waals surface area (Å²) in [5, 5.41) is 2.82. The van der Waals surface area contributed by atoms with Crippen molar-refractivity contribution in [3.63, 3.8) is 0 Å². The van der Waals surface area contributed by atoms with Crippen LogP contribution in [0.15, 0.2) is 119 Å². The third kappa shape index (κ3) is 4.21. The highest BCUT2D eigenvalue weighted by molar-refractivity contribution is 7.93. The van der Waals surface area contributed by atoms with Gasteiger partial charge in [-0.25, -0.2) is 16.8 Å². The Balaban J connectivity index is 1.46. The Morgan fingerprint density at radius 2 is 0.824 bits per heavy atom. The number of benzene rings is 5. The smallest absolute Gasteiger partial charge is 0.262 e. The van der Waals surface area contributed by atoms with Gasteiger partial charge in [0.15, 0.2) is 0 Å². The molecule has 0 saturated carbocycles. The Hall–Kier alpha value is -3.88. The Morgan fingerprint density at radius 1 is 0.441 bits per heavy atom. The Morgan fingerprint density at radius 3 is 1.29 bits per heavy atom. The van der Waals surface area contributed by atoms with Crippen molar-refractivity contribution in [3.05, 3.63) is 109 Å². The van der Waals surface area contributed by atoms with Crippen LogP contribution < -0.4 is 9.44 Å². The second-order valence-electron chi connectivity index (χ2n) is 7.75. The molecule has 5 rings (SSSR count). The van der Waals surface area contributed by atoms with Gasteiger partial charge < -0.3 is 0 Å². The van der Waals surface area contributed by atoms with Crippen molar-refractivity contribution in [1.82, 2.24) is 0 Å². The lowest BCUT2D eigenvalue weighted by Crippen LogP contribution is -2.15. The Bertz CT molecular complexity index is 1610.